The van der Waals surface area contributed by atoms with E-state index in [4.69, 9.17) is 0 Å². The largest absolute Gasteiger partial charge is 0.508 e. The molecule has 2 unspecified atom stereocenters. The first-order valence-electron chi connectivity index (χ1n) is 7.11. The zero-order valence-electron chi connectivity index (χ0n) is 11.8. The molecule has 1 heterocycles. The van der Waals surface area contributed by atoms with Crippen molar-refractivity contribution in [2.24, 2.45) is 5.92 Å². The molecular formula is C16H25NO. The quantitative estimate of drug-likeness (QED) is 0.857. The summed E-state index contributed by atoms with van der Waals surface area (Å²) < 4.78 is 0. The van der Waals surface area contributed by atoms with Gasteiger partial charge in [0.15, 0.2) is 0 Å². The van der Waals surface area contributed by atoms with Crippen LogP contribution in [0.4, 0.5) is 0 Å². The molecule has 0 aromatic heterocycles. The van der Waals surface area contributed by atoms with E-state index in [0.29, 0.717) is 11.8 Å². The minimum atomic E-state index is 0.316. The summed E-state index contributed by atoms with van der Waals surface area (Å²) in [6.07, 6.45) is 3.89. The molecule has 0 radical (unpaired) electrons. The van der Waals surface area contributed by atoms with Gasteiger partial charge in [-0.1, -0.05) is 19.1 Å². The molecule has 2 atom stereocenters. The number of hydrogen-bond donors (Lipinski definition) is 1. The lowest BCUT2D eigenvalue weighted by atomic mass is 10.0. The monoisotopic (exact) mass is 247 g/mol. The molecule has 2 nitrogen and oxygen atoms in total. The number of hydrogen-bond acceptors (Lipinski definition) is 2. The Bertz CT molecular complexity index is 402. The van der Waals surface area contributed by atoms with Crippen LogP contribution in [-0.2, 0) is 0 Å². The number of nitrogens with zero attached hydrogens (tertiary/aromatic N) is 1. The SMILES string of the molecule is Cc1ccc(C(C)N2CCCC(C)CC2)c(O)c1. The molecule has 1 aliphatic heterocycles. The standard InChI is InChI=1S/C16H25NO/c1-12-5-4-9-17(10-8-12)14(3)15-7-6-13(2)11-16(15)18/h6-7,11-12,14,18H,4-5,8-10H2,1-3H3. The van der Waals surface area contributed by atoms with Gasteiger partial charge >= 0.3 is 0 Å². The topological polar surface area (TPSA) is 23.5 Å². The van der Waals surface area contributed by atoms with Crippen molar-refractivity contribution in [3.63, 3.8) is 0 Å². The van der Waals surface area contributed by atoms with Gasteiger partial charge in [-0.2, -0.15) is 0 Å². The molecule has 2 rings (SSSR count). The van der Waals surface area contributed by atoms with Crippen LogP contribution >= 0.6 is 0 Å². The predicted molar refractivity (Wildman–Crippen MR) is 75.8 cm³/mol. The molecule has 18 heavy (non-hydrogen) atoms. The van der Waals surface area contributed by atoms with Crippen LogP contribution in [0.2, 0.25) is 0 Å². The maximum atomic E-state index is 10.1. The van der Waals surface area contributed by atoms with Gasteiger partial charge in [-0.3, -0.25) is 4.90 Å². The third kappa shape index (κ3) is 3.05. The molecule has 1 aliphatic rings. The number of phenolic OH excluding ortho intramolecular Hbond substituents is 1. The van der Waals surface area contributed by atoms with E-state index in [1.165, 1.54) is 19.3 Å². The smallest absolute Gasteiger partial charge is 0.120 e. The molecule has 0 spiro atoms. The lowest BCUT2D eigenvalue weighted by Gasteiger charge is -2.28. The number of aryl methyl sites for hydroxylation is 1. The highest BCUT2D eigenvalue weighted by molar-refractivity contribution is 5.37. The highest BCUT2D eigenvalue weighted by Crippen LogP contribution is 2.31. The van der Waals surface area contributed by atoms with Crippen molar-refractivity contribution in [1.82, 2.24) is 4.90 Å². The minimum absolute atomic E-state index is 0.316. The van der Waals surface area contributed by atoms with Crippen LogP contribution in [0.3, 0.4) is 0 Å². The van der Waals surface area contributed by atoms with Crippen molar-refractivity contribution in [2.45, 2.75) is 46.1 Å². The zero-order chi connectivity index (χ0) is 13.1. The van der Waals surface area contributed by atoms with Gasteiger partial charge in [0.1, 0.15) is 5.75 Å². The van der Waals surface area contributed by atoms with Crippen LogP contribution in [0.15, 0.2) is 18.2 Å². The van der Waals surface area contributed by atoms with E-state index < -0.39 is 0 Å². The minimum Gasteiger partial charge on any atom is -0.508 e. The predicted octanol–water partition coefficient (Wildman–Crippen LogP) is 3.88. The van der Waals surface area contributed by atoms with Crippen molar-refractivity contribution < 1.29 is 5.11 Å². The maximum absolute atomic E-state index is 10.1. The summed E-state index contributed by atoms with van der Waals surface area (Å²) in [7, 11) is 0. The third-order valence-corrected chi connectivity index (χ3v) is 4.24. The average molecular weight is 247 g/mol. The molecule has 0 amide bonds. The molecule has 1 fully saturated rings. The number of phenols is 1. The van der Waals surface area contributed by atoms with Crippen LogP contribution in [-0.4, -0.2) is 23.1 Å². The van der Waals surface area contributed by atoms with Gasteiger partial charge in [-0.25, -0.2) is 0 Å². The van der Waals surface area contributed by atoms with Gasteiger partial charge in [-0.15, -0.1) is 0 Å². The molecule has 1 N–H and O–H groups in total. The van der Waals surface area contributed by atoms with Gasteiger partial charge < -0.3 is 5.11 Å². The summed E-state index contributed by atoms with van der Waals surface area (Å²) in [5.41, 5.74) is 2.18. The average Bonchev–Trinajstić information content (AvgIpc) is 2.53. The second-order valence-corrected chi connectivity index (χ2v) is 5.81. The summed E-state index contributed by atoms with van der Waals surface area (Å²) in [4.78, 5) is 2.51. The van der Waals surface area contributed by atoms with Crippen LogP contribution in [0.25, 0.3) is 0 Å². The van der Waals surface area contributed by atoms with Crippen molar-refractivity contribution in [1.29, 1.82) is 0 Å². The molecule has 0 aliphatic carbocycles. The molecule has 1 aromatic carbocycles. The van der Waals surface area contributed by atoms with Crippen molar-refractivity contribution in [2.75, 3.05) is 13.1 Å². The fourth-order valence-electron chi connectivity index (χ4n) is 2.88. The van der Waals surface area contributed by atoms with Crippen LogP contribution in [0.1, 0.15) is 50.3 Å². The summed E-state index contributed by atoms with van der Waals surface area (Å²) in [6, 6.07) is 6.35. The van der Waals surface area contributed by atoms with E-state index in [2.05, 4.69) is 30.9 Å². The Morgan fingerprint density at radius 2 is 2.06 bits per heavy atom. The number of aromatic hydroxyl groups is 1. The molecule has 0 saturated carbocycles. The Morgan fingerprint density at radius 3 is 2.78 bits per heavy atom. The van der Waals surface area contributed by atoms with E-state index in [1.54, 1.807) is 0 Å². The van der Waals surface area contributed by atoms with Gasteiger partial charge in [0.25, 0.3) is 0 Å². The molecule has 0 bridgehead atoms. The van der Waals surface area contributed by atoms with Crippen molar-refractivity contribution in [3.05, 3.63) is 29.3 Å². The maximum Gasteiger partial charge on any atom is 0.120 e. The molecule has 1 aromatic rings. The Balaban J connectivity index is 2.12. The highest BCUT2D eigenvalue weighted by Gasteiger charge is 2.21. The first kappa shape index (κ1) is 13.4. The Hall–Kier alpha value is -1.02. The van der Waals surface area contributed by atoms with Gasteiger partial charge in [0.2, 0.25) is 0 Å². The number of rotatable bonds is 2. The van der Waals surface area contributed by atoms with Gasteiger partial charge in [-0.05, 0) is 63.7 Å². The van der Waals surface area contributed by atoms with Gasteiger partial charge in [0.05, 0.1) is 0 Å². The lowest BCUT2D eigenvalue weighted by Crippen LogP contribution is -2.28. The Labute approximate surface area is 111 Å². The van der Waals surface area contributed by atoms with Crippen molar-refractivity contribution >= 4 is 0 Å². The summed E-state index contributed by atoms with van der Waals surface area (Å²) in [5, 5.41) is 10.1. The van der Waals surface area contributed by atoms with Crippen LogP contribution < -0.4 is 0 Å². The van der Waals surface area contributed by atoms with E-state index >= 15 is 0 Å². The highest BCUT2D eigenvalue weighted by atomic mass is 16.3. The van der Waals surface area contributed by atoms with Crippen LogP contribution in [0.5, 0.6) is 5.75 Å². The van der Waals surface area contributed by atoms with Crippen molar-refractivity contribution in [3.8, 4) is 5.75 Å². The van der Waals surface area contributed by atoms with E-state index in [9.17, 15) is 5.11 Å². The fourth-order valence-corrected chi connectivity index (χ4v) is 2.88. The van der Waals surface area contributed by atoms with Crippen LogP contribution in [0, 0.1) is 12.8 Å². The molecule has 100 valence electrons. The van der Waals surface area contributed by atoms with E-state index in [0.717, 1.165) is 30.1 Å². The second kappa shape index (κ2) is 5.75. The Morgan fingerprint density at radius 1 is 1.28 bits per heavy atom. The zero-order valence-corrected chi connectivity index (χ0v) is 11.8. The number of benzene rings is 1. The third-order valence-electron chi connectivity index (χ3n) is 4.24. The fraction of sp³-hybridized carbons (Fsp3) is 0.625. The second-order valence-electron chi connectivity index (χ2n) is 5.81. The first-order chi connectivity index (χ1) is 8.58. The normalized spacial score (nSPS) is 23.6. The van der Waals surface area contributed by atoms with E-state index in [-0.39, 0.29) is 0 Å². The lowest BCUT2D eigenvalue weighted by molar-refractivity contribution is 0.213. The molecule has 1 saturated heterocycles. The number of likely N-dealkylation sites (tertiary alicyclic amines) is 1. The van der Waals surface area contributed by atoms with E-state index in [1.807, 2.05) is 13.0 Å². The first-order valence-corrected chi connectivity index (χ1v) is 7.11. The Kier molecular flexibility index (Phi) is 4.28. The molecule has 2 heteroatoms. The summed E-state index contributed by atoms with van der Waals surface area (Å²) in [6.45, 7) is 8.87. The summed E-state index contributed by atoms with van der Waals surface area (Å²) >= 11 is 0. The molecular weight excluding hydrogens is 222 g/mol. The summed E-state index contributed by atoms with van der Waals surface area (Å²) in [5.74, 6) is 1.29. The van der Waals surface area contributed by atoms with Gasteiger partial charge in [0, 0.05) is 11.6 Å².